The summed E-state index contributed by atoms with van der Waals surface area (Å²) in [4.78, 5) is 21.4. The number of rotatable bonds is 12. The summed E-state index contributed by atoms with van der Waals surface area (Å²) in [6, 6.07) is 0. The molecule has 5 heteroatoms. The smallest absolute Gasteiger partial charge is 0.306 e. The Morgan fingerprint density at radius 3 is 2.25 bits per heavy atom. The molecular weight excluding hydrogens is 258 g/mol. The number of esters is 1. The quantitative estimate of drug-likeness (QED) is 0.233. The van der Waals surface area contributed by atoms with Crippen LogP contribution in [0.3, 0.4) is 0 Å². The molecule has 5 nitrogen and oxygen atoms in total. The van der Waals surface area contributed by atoms with Crippen LogP contribution >= 0.6 is 0 Å². The lowest BCUT2D eigenvalue weighted by Crippen LogP contribution is -2.05. The van der Waals surface area contributed by atoms with Crippen LogP contribution in [0.2, 0.25) is 0 Å². The summed E-state index contributed by atoms with van der Waals surface area (Å²) in [5.41, 5.74) is 0.126. The molecule has 0 bridgehead atoms. The second kappa shape index (κ2) is 12.6. The predicted molar refractivity (Wildman–Crippen MR) is 78.9 cm³/mol. The fraction of sp³-hybridized carbons (Fsp3) is 0.800. The zero-order valence-electron chi connectivity index (χ0n) is 12.7. The number of methoxy groups -OCH3 is 1. The molecule has 0 spiro atoms. The third-order valence-electron chi connectivity index (χ3n) is 3.24. The minimum absolute atomic E-state index is 0.0698. The molecule has 0 rings (SSSR count). The molecule has 116 valence electrons. The Hall–Kier alpha value is -1.39. The van der Waals surface area contributed by atoms with Crippen molar-refractivity contribution in [3.63, 3.8) is 0 Å². The van der Waals surface area contributed by atoms with Gasteiger partial charge in [0.15, 0.2) is 0 Å². The minimum Gasteiger partial charge on any atom is -0.469 e. The first kappa shape index (κ1) is 18.6. The molecule has 0 aromatic heterocycles. The van der Waals surface area contributed by atoms with E-state index in [-0.39, 0.29) is 18.5 Å². The van der Waals surface area contributed by atoms with Gasteiger partial charge in [-0.2, -0.15) is 0 Å². The van der Waals surface area contributed by atoms with E-state index in [0.717, 1.165) is 12.8 Å². The second-order valence-electron chi connectivity index (χ2n) is 4.94. The van der Waals surface area contributed by atoms with Gasteiger partial charge in [0.2, 0.25) is 5.70 Å². The Balaban J connectivity index is 3.80. The lowest BCUT2D eigenvalue weighted by atomic mass is 10.1. The van der Waals surface area contributed by atoms with Crippen molar-refractivity contribution in [3.05, 3.63) is 21.9 Å². The first-order valence-corrected chi connectivity index (χ1v) is 7.52. The predicted octanol–water partition coefficient (Wildman–Crippen LogP) is 4.24. The number of unbranched alkanes of at least 4 members (excludes halogenated alkanes) is 7. The Bertz CT molecular complexity index is 313. The van der Waals surface area contributed by atoms with Crippen molar-refractivity contribution in [1.82, 2.24) is 0 Å². The average Bonchev–Trinajstić information content (AvgIpc) is 2.44. The third kappa shape index (κ3) is 10.5. The normalized spacial score (nSPS) is 11.4. The summed E-state index contributed by atoms with van der Waals surface area (Å²) in [7, 11) is 1.29. The van der Waals surface area contributed by atoms with Crippen molar-refractivity contribution in [1.29, 1.82) is 0 Å². The number of carbonyl (C=O) groups excluding carboxylic acids is 1. The molecule has 0 aromatic rings. The number of hydrogen-bond acceptors (Lipinski definition) is 4. The van der Waals surface area contributed by atoms with Crippen LogP contribution in [-0.4, -0.2) is 18.0 Å². The van der Waals surface area contributed by atoms with Gasteiger partial charge in [-0.15, -0.1) is 0 Å². The monoisotopic (exact) mass is 285 g/mol. The Labute approximate surface area is 121 Å². The van der Waals surface area contributed by atoms with E-state index in [2.05, 4.69) is 11.7 Å². The molecule has 0 fully saturated rings. The van der Waals surface area contributed by atoms with Gasteiger partial charge in [-0.05, 0) is 18.9 Å². The Morgan fingerprint density at radius 1 is 1.10 bits per heavy atom. The van der Waals surface area contributed by atoms with Crippen molar-refractivity contribution in [2.75, 3.05) is 7.11 Å². The van der Waals surface area contributed by atoms with E-state index >= 15 is 0 Å². The van der Waals surface area contributed by atoms with Crippen LogP contribution in [0.25, 0.3) is 0 Å². The maximum Gasteiger partial charge on any atom is 0.306 e. The number of ether oxygens (including phenoxy) is 1. The molecule has 0 atom stereocenters. The van der Waals surface area contributed by atoms with E-state index < -0.39 is 10.9 Å². The highest BCUT2D eigenvalue weighted by Crippen LogP contribution is 2.12. The number of nitrogens with zero attached hydrogens (tertiary/aromatic N) is 1. The molecule has 0 aromatic carbocycles. The van der Waals surface area contributed by atoms with Gasteiger partial charge in [-0.1, -0.05) is 45.4 Å². The number of allylic oxidation sites excluding steroid dienone is 2. The molecule has 0 radical (unpaired) electrons. The zero-order valence-corrected chi connectivity index (χ0v) is 12.7. The molecule has 0 saturated heterocycles. The van der Waals surface area contributed by atoms with Crippen LogP contribution in [0.5, 0.6) is 0 Å². The standard InChI is InChI=1S/C15H27NO4/c1-3-4-5-6-7-8-9-10-11-14(16(18)19)12-13-15(17)20-2/h11H,3-10,12-13H2,1-2H3/b14-11-. The molecule has 0 aliphatic carbocycles. The third-order valence-corrected chi connectivity index (χ3v) is 3.24. The number of carbonyl (C=O) groups is 1. The van der Waals surface area contributed by atoms with E-state index in [1.807, 2.05) is 0 Å². The van der Waals surface area contributed by atoms with Gasteiger partial charge < -0.3 is 4.74 Å². The van der Waals surface area contributed by atoms with Crippen LogP contribution in [0.4, 0.5) is 0 Å². The largest absolute Gasteiger partial charge is 0.469 e. The molecule has 0 heterocycles. The molecule has 0 amide bonds. The Morgan fingerprint density at radius 2 is 1.70 bits per heavy atom. The van der Waals surface area contributed by atoms with Crippen LogP contribution in [0.15, 0.2) is 11.8 Å². The van der Waals surface area contributed by atoms with Gasteiger partial charge in [0.1, 0.15) is 0 Å². The zero-order chi connectivity index (χ0) is 15.2. The summed E-state index contributed by atoms with van der Waals surface area (Å²) < 4.78 is 4.48. The average molecular weight is 285 g/mol. The van der Waals surface area contributed by atoms with E-state index in [1.165, 1.54) is 39.2 Å². The highest BCUT2D eigenvalue weighted by molar-refractivity contribution is 5.69. The molecule has 20 heavy (non-hydrogen) atoms. The molecular formula is C15H27NO4. The van der Waals surface area contributed by atoms with E-state index in [9.17, 15) is 14.9 Å². The topological polar surface area (TPSA) is 69.4 Å². The van der Waals surface area contributed by atoms with Gasteiger partial charge in [0.25, 0.3) is 0 Å². The van der Waals surface area contributed by atoms with Crippen LogP contribution < -0.4 is 0 Å². The Kier molecular flexibility index (Phi) is 11.8. The maximum absolute atomic E-state index is 11.0. The highest BCUT2D eigenvalue weighted by atomic mass is 16.6. The van der Waals surface area contributed by atoms with E-state index in [1.54, 1.807) is 6.08 Å². The SMILES string of the molecule is CCCCCCCCC/C=C(/CCC(=O)OC)[N+](=O)[O-]. The summed E-state index contributed by atoms with van der Waals surface area (Å²) in [6.07, 6.45) is 10.9. The molecule has 0 aliphatic heterocycles. The van der Waals surface area contributed by atoms with Crippen LogP contribution in [0.1, 0.15) is 71.1 Å². The van der Waals surface area contributed by atoms with Gasteiger partial charge in [0, 0.05) is 6.42 Å². The molecule has 0 N–H and O–H groups in total. The van der Waals surface area contributed by atoms with E-state index in [0.29, 0.717) is 6.42 Å². The van der Waals surface area contributed by atoms with Crippen molar-refractivity contribution in [2.24, 2.45) is 0 Å². The maximum atomic E-state index is 11.0. The van der Waals surface area contributed by atoms with Crippen molar-refractivity contribution >= 4 is 5.97 Å². The first-order chi connectivity index (χ1) is 9.61. The lowest BCUT2D eigenvalue weighted by molar-refractivity contribution is -0.428. The fourth-order valence-corrected chi connectivity index (χ4v) is 1.97. The summed E-state index contributed by atoms with van der Waals surface area (Å²) >= 11 is 0. The first-order valence-electron chi connectivity index (χ1n) is 7.52. The molecule has 0 saturated carbocycles. The second-order valence-corrected chi connectivity index (χ2v) is 4.94. The fourth-order valence-electron chi connectivity index (χ4n) is 1.97. The van der Waals surface area contributed by atoms with Crippen LogP contribution in [0, 0.1) is 10.1 Å². The highest BCUT2D eigenvalue weighted by Gasteiger charge is 2.12. The van der Waals surface area contributed by atoms with Gasteiger partial charge >= 0.3 is 5.97 Å². The van der Waals surface area contributed by atoms with Crippen molar-refractivity contribution < 1.29 is 14.5 Å². The summed E-state index contributed by atoms with van der Waals surface area (Å²) in [5.74, 6) is -0.409. The van der Waals surface area contributed by atoms with Gasteiger partial charge in [-0.25, -0.2) is 0 Å². The van der Waals surface area contributed by atoms with Gasteiger partial charge in [0.05, 0.1) is 18.5 Å². The van der Waals surface area contributed by atoms with Crippen molar-refractivity contribution in [3.8, 4) is 0 Å². The van der Waals surface area contributed by atoms with Crippen LogP contribution in [-0.2, 0) is 9.53 Å². The molecule has 0 aliphatic rings. The van der Waals surface area contributed by atoms with Gasteiger partial charge in [-0.3, -0.25) is 14.9 Å². The number of hydrogen-bond donors (Lipinski definition) is 0. The minimum atomic E-state index is -0.409. The summed E-state index contributed by atoms with van der Waals surface area (Å²) in [6.45, 7) is 2.19. The number of nitro groups is 1. The summed E-state index contributed by atoms with van der Waals surface area (Å²) in [5, 5.41) is 10.8. The lowest BCUT2D eigenvalue weighted by Gasteiger charge is -2.00. The molecule has 0 unspecified atom stereocenters. The van der Waals surface area contributed by atoms with Crippen molar-refractivity contribution in [2.45, 2.75) is 71.1 Å². The van der Waals surface area contributed by atoms with E-state index in [4.69, 9.17) is 0 Å².